The highest BCUT2D eigenvalue weighted by Gasteiger charge is 1.57. The monoisotopic (exact) mass is 255 g/mol. The van der Waals surface area contributed by atoms with Gasteiger partial charge in [0.2, 0.25) is 0 Å². The van der Waals surface area contributed by atoms with E-state index in [4.69, 9.17) is 0 Å². The number of hydrogen-bond donors (Lipinski definition) is 1. The SMILES string of the molecule is C=C/C=C/C=C/C=C/C.CC.CC.CCC.CN. The van der Waals surface area contributed by atoms with E-state index in [9.17, 15) is 0 Å². The first kappa shape index (κ1) is 30.2. The first-order valence-electron chi connectivity index (χ1n) is 6.98. The highest BCUT2D eigenvalue weighted by molar-refractivity contribution is 5.13. The van der Waals surface area contributed by atoms with Crippen LogP contribution in [-0.2, 0) is 0 Å². The van der Waals surface area contributed by atoms with Crippen molar-refractivity contribution in [2.45, 2.75) is 54.9 Å². The van der Waals surface area contributed by atoms with E-state index in [2.05, 4.69) is 26.2 Å². The Morgan fingerprint density at radius 1 is 0.778 bits per heavy atom. The minimum Gasteiger partial charge on any atom is -0.333 e. The number of allylic oxidation sites excluding steroid dienone is 7. The molecule has 0 spiro atoms. The summed E-state index contributed by atoms with van der Waals surface area (Å²) in [5, 5.41) is 0. The van der Waals surface area contributed by atoms with Crippen molar-refractivity contribution in [3.05, 3.63) is 49.1 Å². The molecule has 0 aromatic heterocycles. The van der Waals surface area contributed by atoms with Crippen LogP contribution in [0.15, 0.2) is 49.1 Å². The van der Waals surface area contributed by atoms with E-state index in [1.807, 2.05) is 71.1 Å². The third kappa shape index (κ3) is 119. The topological polar surface area (TPSA) is 26.0 Å². The van der Waals surface area contributed by atoms with Gasteiger partial charge < -0.3 is 5.73 Å². The molecular formula is C17H37N. The molecule has 0 heterocycles. The van der Waals surface area contributed by atoms with E-state index in [1.165, 1.54) is 13.5 Å². The summed E-state index contributed by atoms with van der Waals surface area (Å²) >= 11 is 0. The molecule has 0 radical (unpaired) electrons. The Labute approximate surface area is 117 Å². The zero-order valence-electron chi connectivity index (χ0n) is 14.0. The maximum absolute atomic E-state index is 4.50. The summed E-state index contributed by atoms with van der Waals surface area (Å²) in [5.74, 6) is 0. The Hall–Kier alpha value is -1.08. The third-order valence-corrected chi connectivity index (χ3v) is 0.773. The molecule has 0 aromatic rings. The second-order valence-electron chi connectivity index (χ2n) is 2.24. The van der Waals surface area contributed by atoms with E-state index in [0.717, 1.165) is 0 Å². The molecule has 0 aliphatic rings. The lowest BCUT2D eigenvalue weighted by Crippen LogP contribution is -1.69. The van der Waals surface area contributed by atoms with E-state index < -0.39 is 0 Å². The lowest BCUT2D eigenvalue weighted by Gasteiger charge is -1.69. The molecule has 0 rings (SSSR count). The Kier molecular flexibility index (Phi) is 124. The van der Waals surface area contributed by atoms with Crippen LogP contribution in [-0.4, -0.2) is 7.05 Å². The van der Waals surface area contributed by atoms with Crippen LogP contribution in [0.2, 0.25) is 0 Å². The maximum Gasteiger partial charge on any atom is -0.0195 e. The van der Waals surface area contributed by atoms with Crippen molar-refractivity contribution in [3.63, 3.8) is 0 Å². The first-order chi connectivity index (χ1) is 8.83. The third-order valence-electron chi connectivity index (χ3n) is 0.773. The van der Waals surface area contributed by atoms with E-state index in [1.54, 1.807) is 6.08 Å². The fourth-order valence-electron chi connectivity index (χ4n) is 0.382. The standard InChI is InChI=1S/C9H12.C3H8.2C2H6.CH5N/c1-3-5-7-9-8-6-4-2;1-3-2;3*1-2/h3-9H,1H2,2H3;3H2,1-2H3;2*1-2H3;2H2,1H3/b6-4+,7-5+,9-8+;;;;. The predicted molar refractivity (Wildman–Crippen MR) is 92.1 cm³/mol. The van der Waals surface area contributed by atoms with Gasteiger partial charge in [0.25, 0.3) is 0 Å². The second kappa shape index (κ2) is 74.0. The quantitative estimate of drug-likeness (QED) is 0.624. The molecule has 1 heteroatoms. The van der Waals surface area contributed by atoms with Crippen LogP contribution in [0.1, 0.15) is 54.9 Å². The molecule has 18 heavy (non-hydrogen) atoms. The van der Waals surface area contributed by atoms with Crippen LogP contribution in [0.25, 0.3) is 0 Å². The summed E-state index contributed by atoms with van der Waals surface area (Å²) in [6.07, 6.45) is 14.7. The molecule has 0 amide bonds. The van der Waals surface area contributed by atoms with E-state index >= 15 is 0 Å². The molecule has 0 aromatic carbocycles. The molecule has 0 saturated carbocycles. The summed E-state index contributed by atoms with van der Waals surface area (Å²) in [6, 6.07) is 0. The molecule has 1 nitrogen and oxygen atoms in total. The zero-order chi connectivity index (χ0) is 15.7. The molecule has 2 N–H and O–H groups in total. The number of hydrogen-bond acceptors (Lipinski definition) is 1. The van der Waals surface area contributed by atoms with E-state index in [0.29, 0.717) is 0 Å². The van der Waals surface area contributed by atoms with Crippen LogP contribution in [0.3, 0.4) is 0 Å². The minimum absolute atomic E-state index is 1.25. The van der Waals surface area contributed by atoms with Gasteiger partial charge in [-0.25, -0.2) is 0 Å². The average molecular weight is 255 g/mol. The van der Waals surface area contributed by atoms with Gasteiger partial charge >= 0.3 is 0 Å². The zero-order valence-corrected chi connectivity index (χ0v) is 14.0. The minimum atomic E-state index is 1.25. The summed E-state index contributed by atoms with van der Waals surface area (Å²) in [4.78, 5) is 0. The second-order valence-corrected chi connectivity index (χ2v) is 2.24. The van der Waals surface area contributed by atoms with Crippen LogP contribution < -0.4 is 5.73 Å². The molecule has 0 atom stereocenters. The van der Waals surface area contributed by atoms with Crippen LogP contribution in [0.4, 0.5) is 0 Å². The van der Waals surface area contributed by atoms with Gasteiger partial charge in [-0.05, 0) is 14.0 Å². The molecule has 0 aliphatic heterocycles. The van der Waals surface area contributed by atoms with Crippen molar-refractivity contribution in [2.75, 3.05) is 7.05 Å². The fourth-order valence-corrected chi connectivity index (χ4v) is 0.382. The predicted octanol–water partition coefficient (Wildman–Crippen LogP) is 5.90. The summed E-state index contributed by atoms with van der Waals surface area (Å²) in [7, 11) is 1.50. The van der Waals surface area contributed by atoms with Gasteiger partial charge in [-0.15, -0.1) is 0 Å². The number of rotatable bonds is 3. The van der Waals surface area contributed by atoms with Crippen molar-refractivity contribution >= 4 is 0 Å². The van der Waals surface area contributed by atoms with Crippen molar-refractivity contribution in [2.24, 2.45) is 5.73 Å². The van der Waals surface area contributed by atoms with Crippen LogP contribution in [0, 0.1) is 0 Å². The molecule has 0 saturated heterocycles. The Bertz CT molecular complexity index is 153. The summed E-state index contributed by atoms with van der Waals surface area (Å²) < 4.78 is 0. The van der Waals surface area contributed by atoms with Crippen molar-refractivity contribution in [3.8, 4) is 0 Å². The molecule has 0 unspecified atom stereocenters. The molecule has 0 aliphatic carbocycles. The van der Waals surface area contributed by atoms with Gasteiger partial charge in [0, 0.05) is 0 Å². The molecule has 110 valence electrons. The van der Waals surface area contributed by atoms with Gasteiger partial charge in [0.05, 0.1) is 0 Å². The molecular weight excluding hydrogens is 218 g/mol. The van der Waals surface area contributed by atoms with Crippen LogP contribution >= 0.6 is 0 Å². The van der Waals surface area contributed by atoms with Crippen molar-refractivity contribution in [1.82, 2.24) is 0 Å². The van der Waals surface area contributed by atoms with Gasteiger partial charge in [-0.2, -0.15) is 0 Å². The fraction of sp³-hybridized carbons (Fsp3) is 0.529. The largest absolute Gasteiger partial charge is 0.333 e. The van der Waals surface area contributed by atoms with Gasteiger partial charge in [-0.1, -0.05) is 97.1 Å². The molecule has 0 fully saturated rings. The van der Waals surface area contributed by atoms with E-state index in [-0.39, 0.29) is 0 Å². The van der Waals surface area contributed by atoms with Gasteiger partial charge in [0.15, 0.2) is 0 Å². The highest BCUT2D eigenvalue weighted by Crippen LogP contribution is 1.79. The molecule has 0 bridgehead atoms. The van der Waals surface area contributed by atoms with Crippen molar-refractivity contribution < 1.29 is 0 Å². The average Bonchev–Trinajstić information content (AvgIpc) is 2.46. The Balaban J connectivity index is -0.0000000524. The van der Waals surface area contributed by atoms with Gasteiger partial charge in [0.1, 0.15) is 0 Å². The lowest BCUT2D eigenvalue weighted by atomic mass is 10.4. The lowest BCUT2D eigenvalue weighted by molar-refractivity contribution is 1.09. The van der Waals surface area contributed by atoms with Crippen LogP contribution in [0.5, 0.6) is 0 Å². The Morgan fingerprint density at radius 2 is 1.06 bits per heavy atom. The summed E-state index contributed by atoms with van der Waals surface area (Å²) in [5.41, 5.74) is 4.50. The van der Waals surface area contributed by atoms with Crippen molar-refractivity contribution in [1.29, 1.82) is 0 Å². The maximum atomic E-state index is 4.50. The first-order valence-corrected chi connectivity index (χ1v) is 6.98. The number of nitrogens with two attached hydrogens (primary N) is 1. The smallest absolute Gasteiger partial charge is 0.0195 e. The Morgan fingerprint density at radius 3 is 1.33 bits per heavy atom. The van der Waals surface area contributed by atoms with Gasteiger partial charge in [-0.3, -0.25) is 0 Å². The summed E-state index contributed by atoms with van der Waals surface area (Å²) in [6.45, 7) is 17.8. The highest BCUT2D eigenvalue weighted by atomic mass is 14.4. The normalized spacial score (nSPS) is 8.06.